The van der Waals surface area contributed by atoms with Crippen molar-refractivity contribution in [2.45, 2.75) is 19.5 Å². The monoisotopic (exact) mass is 336 g/mol. The molecule has 0 aliphatic heterocycles. The van der Waals surface area contributed by atoms with Gasteiger partial charge in [-0.15, -0.1) is 0 Å². The summed E-state index contributed by atoms with van der Waals surface area (Å²) in [6.07, 6.45) is 1.52. The van der Waals surface area contributed by atoms with Crippen molar-refractivity contribution in [1.29, 1.82) is 0 Å². The molecule has 1 aromatic carbocycles. The van der Waals surface area contributed by atoms with E-state index in [9.17, 15) is 9.59 Å². The number of nitrogens with one attached hydrogen (secondary N) is 2. The van der Waals surface area contributed by atoms with Crippen LogP contribution in [0, 0.1) is 0 Å². The first-order chi connectivity index (χ1) is 11.0. The van der Waals surface area contributed by atoms with Crippen molar-refractivity contribution in [1.82, 2.24) is 10.6 Å². The van der Waals surface area contributed by atoms with Gasteiger partial charge in [-0.1, -0.05) is 23.7 Å². The zero-order valence-corrected chi connectivity index (χ0v) is 13.5. The number of rotatable bonds is 6. The Morgan fingerprint density at radius 3 is 2.65 bits per heavy atom. The molecule has 1 aromatic heterocycles. The van der Waals surface area contributed by atoms with Gasteiger partial charge >= 0.3 is 6.03 Å². The van der Waals surface area contributed by atoms with E-state index in [1.54, 1.807) is 12.1 Å². The molecule has 0 saturated heterocycles. The zero-order chi connectivity index (χ0) is 16.7. The lowest BCUT2D eigenvalue weighted by Gasteiger charge is -2.11. The Bertz CT molecular complexity index is 641. The van der Waals surface area contributed by atoms with E-state index in [1.165, 1.54) is 6.26 Å². The summed E-state index contributed by atoms with van der Waals surface area (Å²) in [6, 6.07) is 10.5. The van der Waals surface area contributed by atoms with E-state index < -0.39 is 6.03 Å². The third-order valence-corrected chi connectivity index (χ3v) is 3.56. The first-order valence-corrected chi connectivity index (χ1v) is 7.61. The Labute approximate surface area is 139 Å². The number of halogens is 1. The fourth-order valence-corrected chi connectivity index (χ4v) is 2.11. The molecule has 1 heterocycles. The zero-order valence-electron chi connectivity index (χ0n) is 12.7. The average molecular weight is 337 g/mol. The Hall–Kier alpha value is -2.31. The van der Waals surface area contributed by atoms with Gasteiger partial charge in [-0.3, -0.25) is 10.1 Å². The molecule has 2 aromatic rings. The molecule has 0 bridgehead atoms. The maximum atomic E-state index is 11.8. The van der Waals surface area contributed by atoms with Crippen molar-refractivity contribution in [3.05, 3.63) is 59.0 Å². The van der Waals surface area contributed by atoms with Crippen molar-refractivity contribution in [2.24, 2.45) is 0 Å². The molecular weight excluding hydrogens is 318 g/mol. The number of carbonyl (C=O) groups excluding carboxylic acids is 2. The SMILES string of the molecule is C[C@H]([NH2+]CC(=O)NC(=O)NCc1ccco1)c1ccc(Cl)cc1. The summed E-state index contributed by atoms with van der Waals surface area (Å²) in [6.45, 7) is 2.36. The first-order valence-electron chi connectivity index (χ1n) is 7.23. The number of furan rings is 1. The molecule has 7 heteroatoms. The van der Waals surface area contributed by atoms with E-state index in [2.05, 4.69) is 10.6 Å². The Morgan fingerprint density at radius 1 is 1.26 bits per heavy atom. The summed E-state index contributed by atoms with van der Waals surface area (Å²) in [5, 5.41) is 7.34. The molecule has 0 aliphatic rings. The molecule has 0 unspecified atom stereocenters. The van der Waals surface area contributed by atoms with E-state index in [-0.39, 0.29) is 25.0 Å². The van der Waals surface area contributed by atoms with Crippen molar-refractivity contribution in [2.75, 3.05) is 6.54 Å². The lowest BCUT2D eigenvalue weighted by atomic mass is 10.1. The summed E-state index contributed by atoms with van der Waals surface area (Å²) in [7, 11) is 0. The van der Waals surface area contributed by atoms with Crippen LogP contribution in [0.4, 0.5) is 4.79 Å². The van der Waals surface area contributed by atoms with Gasteiger partial charge in [-0.2, -0.15) is 0 Å². The topological polar surface area (TPSA) is 88.0 Å². The molecule has 0 fully saturated rings. The predicted molar refractivity (Wildman–Crippen MR) is 85.7 cm³/mol. The van der Waals surface area contributed by atoms with Crippen LogP contribution in [-0.2, 0) is 11.3 Å². The predicted octanol–water partition coefficient (Wildman–Crippen LogP) is 1.58. The molecule has 4 N–H and O–H groups in total. The minimum Gasteiger partial charge on any atom is -0.467 e. The summed E-state index contributed by atoms with van der Waals surface area (Å²) in [4.78, 5) is 23.3. The number of carbonyl (C=O) groups is 2. The van der Waals surface area contributed by atoms with Crippen LogP contribution in [0.2, 0.25) is 5.02 Å². The van der Waals surface area contributed by atoms with E-state index in [0.29, 0.717) is 10.8 Å². The van der Waals surface area contributed by atoms with Gasteiger partial charge < -0.3 is 15.1 Å². The second-order valence-corrected chi connectivity index (χ2v) is 5.53. The summed E-state index contributed by atoms with van der Waals surface area (Å²) in [5.41, 5.74) is 1.06. The molecule has 0 aliphatic carbocycles. The Kier molecular flexibility index (Phi) is 6.19. The van der Waals surface area contributed by atoms with Crippen LogP contribution in [0.1, 0.15) is 24.3 Å². The Balaban J connectivity index is 1.69. The van der Waals surface area contributed by atoms with Crippen LogP contribution in [0.15, 0.2) is 47.1 Å². The van der Waals surface area contributed by atoms with Crippen molar-refractivity contribution >= 4 is 23.5 Å². The first kappa shape index (κ1) is 17.1. The number of imide groups is 1. The van der Waals surface area contributed by atoms with Gasteiger partial charge in [-0.05, 0) is 31.2 Å². The van der Waals surface area contributed by atoms with Gasteiger partial charge in [-0.25, -0.2) is 4.79 Å². The molecule has 6 nitrogen and oxygen atoms in total. The number of quaternary nitrogens is 1. The highest BCUT2D eigenvalue weighted by Gasteiger charge is 2.13. The minimum atomic E-state index is -0.543. The van der Waals surface area contributed by atoms with Crippen LogP contribution in [0.5, 0.6) is 0 Å². The van der Waals surface area contributed by atoms with Gasteiger partial charge in [0.1, 0.15) is 11.8 Å². The number of benzene rings is 1. The number of urea groups is 1. The van der Waals surface area contributed by atoms with E-state index in [4.69, 9.17) is 16.0 Å². The van der Waals surface area contributed by atoms with E-state index >= 15 is 0 Å². The van der Waals surface area contributed by atoms with E-state index in [0.717, 1.165) is 5.56 Å². The molecule has 3 amide bonds. The van der Waals surface area contributed by atoms with Crippen LogP contribution in [0.3, 0.4) is 0 Å². The number of amides is 3. The third kappa shape index (κ3) is 5.77. The van der Waals surface area contributed by atoms with Crippen molar-refractivity contribution in [3.63, 3.8) is 0 Å². The standard InChI is InChI=1S/C16H18ClN3O3/c1-11(12-4-6-13(17)7-5-12)18-10-15(21)20-16(22)19-9-14-3-2-8-23-14/h2-8,11,18H,9-10H2,1H3,(H2,19,20,21,22)/p+1/t11-/m0/s1. The molecule has 0 spiro atoms. The van der Waals surface area contributed by atoms with Crippen LogP contribution >= 0.6 is 11.6 Å². The van der Waals surface area contributed by atoms with Gasteiger partial charge in [0.25, 0.3) is 5.91 Å². The van der Waals surface area contributed by atoms with Gasteiger partial charge in [0.2, 0.25) is 0 Å². The summed E-state index contributed by atoms with van der Waals surface area (Å²) >= 11 is 5.84. The molecular formula is C16H19ClN3O3+. The second kappa shape index (κ2) is 8.36. The van der Waals surface area contributed by atoms with Crippen molar-refractivity contribution in [3.8, 4) is 0 Å². The minimum absolute atomic E-state index is 0.0872. The number of nitrogens with two attached hydrogens (primary N) is 1. The molecule has 2 rings (SSSR count). The fourth-order valence-electron chi connectivity index (χ4n) is 1.99. The van der Waals surface area contributed by atoms with Crippen LogP contribution in [-0.4, -0.2) is 18.5 Å². The van der Waals surface area contributed by atoms with Gasteiger partial charge in [0.05, 0.1) is 12.8 Å². The van der Waals surface area contributed by atoms with Gasteiger partial charge in [0.15, 0.2) is 6.54 Å². The lowest BCUT2D eigenvalue weighted by molar-refractivity contribution is -0.682. The second-order valence-electron chi connectivity index (χ2n) is 5.09. The maximum Gasteiger partial charge on any atom is 0.321 e. The molecule has 0 radical (unpaired) electrons. The smallest absolute Gasteiger partial charge is 0.321 e. The summed E-state index contributed by atoms with van der Waals surface area (Å²) in [5.74, 6) is 0.262. The number of hydrogen-bond donors (Lipinski definition) is 3. The fraction of sp³-hybridized carbons (Fsp3) is 0.250. The number of hydrogen-bond acceptors (Lipinski definition) is 3. The van der Waals surface area contributed by atoms with Crippen molar-refractivity contribution < 1.29 is 19.3 Å². The lowest BCUT2D eigenvalue weighted by Crippen LogP contribution is -2.87. The molecule has 1 atom stereocenters. The normalized spacial score (nSPS) is 11.7. The van der Waals surface area contributed by atoms with Crippen LogP contribution < -0.4 is 16.0 Å². The van der Waals surface area contributed by atoms with Crippen LogP contribution in [0.25, 0.3) is 0 Å². The largest absolute Gasteiger partial charge is 0.467 e. The highest BCUT2D eigenvalue weighted by Crippen LogP contribution is 2.13. The highest BCUT2D eigenvalue weighted by atomic mass is 35.5. The summed E-state index contributed by atoms with van der Waals surface area (Å²) < 4.78 is 5.08. The molecule has 0 saturated carbocycles. The Morgan fingerprint density at radius 2 is 2.00 bits per heavy atom. The molecule has 23 heavy (non-hydrogen) atoms. The average Bonchev–Trinajstić information content (AvgIpc) is 3.05. The quantitative estimate of drug-likeness (QED) is 0.748. The third-order valence-electron chi connectivity index (χ3n) is 3.31. The highest BCUT2D eigenvalue weighted by molar-refractivity contribution is 6.30. The van der Waals surface area contributed by atoms with E-state index in [1.807, 2.05) is 36.5 Å². The van der Waals surface area contributed by atoms with Gasteiger partial charge in [0, 0.05) is 10.6 Å². The molecule has 122 valence electrons. The maximum absolute atomic E-state index is 11.8.